The van der Waals surface area contributed by atoms with E-state index in [9.17, 15) is 4.79 Å². The molecule has 0 aromatic rings. The third-order valence-electron chi connectivity index (χ3n) is 2.76. The number of nitrogens with one attached hydrogen (secondary N) is 2. The van der Waals surface area contributed by atoms with Crippen LogP contribution in [-0.2, 0) is 4.79 Å². The standard InChI is InChI=1S/C14H27N3O2/c1-4-10-13(2)15-17(3)12-9-7-5-6-8-11-14(18)16-19/h4,10,15,19H,1,5-9,11-12H2,2-3H3,(H,16,18)/b13-10+. The van der Waals surface area contributed by atoms with Crippen LogP contribution in [0.15, 0.2) is 24.4 Å². The van der Waals surface area contributed by atoms with E-state index in [0.717, 1.165) is 44.3 Å². The van der Waals surface area contributed by atoms with Crippen molar-refractivity contribution in [1.29, 1.82) is 0 Å². The first-order valence-corrected chi connectivity index (χ1v) is 6.80. The minimum Gasteiger partial charge on any atom is -0.324 e. The first-order valence-electron chi connectivity index (χ1n) is 6.80. The van der Waals surface area contributed by atoms with Crippen molar-refractivity contribution in [2.75, 3.05) is 13.6 Å². The first kappa shape index (κ1) is 17.7. The lowest BCUT2D eigenvalue weighted by Crippen LogP contribution is -2.33. The van der Waals surface area contributed by atoms with Gasteiger partial charge in [-0.1, -0.05) is 31.9 Å². The lowest BCUT2D eigenvalue weighted by atomic mass is 10.1. The van der Waals surface area contributed by atoms with Crippen LogP contribution in [0.5, 0.6) is 0 Å². The van der Waals surface area contributed by atoms with Gasteiger partial charge in [-0.2, -0.15) is 0 Å². The molecule has 0 radical (unpaired) electrons. The van der Waals surface area contributed by atoms with Crippen molar-refractivity contribution in [1.82, 2.24) is 15.9 Å². The van der Waals surface area contributed by atoms with E-state index in [0.29, 0.717) is 6.42 Å². The highest BCUT2D eigenvalue weighted by Gasteiger charge is 1.99. The number of hydrogen-bond acceptors (Lipinski definition) is 4. The fourth-order valence-corrected chi connectivity index (χ4v) is 1.79. The lowest BCUT2D eigenvalue weighted by molar-refractivity contribution is -0.129. The van der Waals surface area contributed by atoms with Crippen LogP contribution in [0.4, 0.5) is 0 Å². The van der Waals surface area contributed by atoms with Gasteiger partial charge in [-0.05, 0) is 25.8 Å². The number of carbonyl (C=O) groups excluding carboxylic acids is 1. The molecule has 19 heavy (non-hydrogen) atoms. The Hall–Kier alpha value is -1.33. The summed E-state index contributed by atoms with van der Waals surface area (Å²) in [5, 5.41) is 10.4. The highest BCUT2D eigenvalue weighted by atomic mass is 16.5. The molecule has 0 aromatic carbocycles. The fourth-order valence-electron chi connectivity index (χ4n) is 1.79. The summed E-state index contributed by atoms with van der Waals surface area (Å²) in [6.07, 6.45) is 9.36. The zero-order valence-corrected chi connectivity index (χ0v) is 12.1. The van der Waals surface area contributed by atoms with Crippen LogP contribution < -0.4 is 10.9 Å². The Labute approximate surface area is 116 Å². The quantitative estimate of drug-likeness (QED) is 0.233. The van der Waals surface area contributed by atoms with Crippen LogP contribution in [0.2, 0.25) is 0 Å². The average Bonchev–Trinajstić information content (AvgIpc) is 2.37. The number of rotatable bonds is 11. The van der Waals surface area contributed by atoms with Crippen molar-refractivity contribution in [3.8, 4) is 0 Å². The Morgan fingerprint density at radius 3 is 2.53 bits per heavy atom. The third-order valence-corrected chi connectivity index (χ3v) is 2.76. The van der Waals surface area contributed by atoms with E-state index < -0.39 is 0 Å². The normalized spacial score (nSPS) is 11.5. The highest BCUT2D eigenvalue weighted by Crippen LogP contribution is 2.05. The molecular weight excluding hydrogens is 242 g/mol. The van der Waals surface area contributed by atoms with Crippen LogP contribution in [-0.4, -0.2) is 29.7 Å². The van der Waals surface area contributed by atoms with Gasteiger partial charge in [0.1, 0.15) is 0 Å². The second kappa shape index (κ2) is 11.7. The Morgan fingerprint density at radius 2 is 1.89 bits per heavy atom. The Kier molecular flexibility index (Phi) is 10.9. The van der Waals surface area contributed by atoms with E-state index in [4.69, 9.17) is 5.21 Å². The van der Waals surface area contributed by atoms with E-state index in [2.05, 4.69) is 17.0 Å². The number of amides is 1. The molecule has 0 bridgehead atoms. The molecule has 0 fully saturated rings. The first-order chi connectivity index (χ1) is 9.10. The Bertz CT molecular complexity index is 290. The highest BCUT2D eigenvalue weighted by molar-refractivity contribution is 5.74. The van der Waals surface area contributed by atoms with Gasteiger partial charge in [0.2, 0.25) is 5.91 Å². The number of unbranched alkanes of at least 4 members (excludes halogenated alkanes) is 4. The maximum absolute atomic E-state index is 10.8. The molecule has 0 aliphatic carbocycles. The molecule has 0 rings (SSSR count). The van der Waals surface area contributed by atoms with Gasteiger partial charge in [-0.15, -0.1) is 0 Å². The van der Waals surface area contributed by atoms with Crippen LogP contribution in [0.25, 0.3) is 0 Å². The van der Waals surface area contributed by atoms with Crippen molar-refractivity contribution in [3.63, 3.8) is 0 Å². The van der Waals surface area contributed by atoms with Crippen molar-refractivity contribution in [3.05, 3.63) is 24.4 Å². The van der Waals surface area contributed by atoms with Gasteiger partial charge >= 0.3 is 0 Å². The molecule has 0 atom stereocenters. The summed E-state index contributed by atoms with van der Waals surface area (Å²) < 4.78 is 0. The predicted molar refractivity (Wildman–Crippen MR) is 77.4 cm³/mol. The molecule has 0 unspecified atom stereocenters. The predicted octanol–water partition coefficient (Wildman–Crippen LogP) is 2.36. The summed E-state index contributed by atoms with van der Waals surface area (Å²) >= 11 is 0. The molecule has 0 spiro atoms. The van der Waals surface area contributed by atoms with Crippen LogP contribution in [0, 0.1) is 0 Å². The molecule has 5 heteroatoms. The van der Waals surface area contributed by atoms with Gasteiger partial charge in [0.25, 0.3) is 0 Å². The zero-order chi connectivity index (χ0) is 14.5. The number of nitrogens with zero attached hydrogens (tertiary/aromatic N) is 1. The van der Waals surface area contributed by atoms with E-state index >= 15 is 0 Å². The molecule has 0 saturated heterocycles. The van der Waals surface area contributed by atoms with Crippen molar-refractivity contribution in [2.45, 2.75) is 45.4 Å². The van der Waals surface area contributed by atoms with Gasteiger partial charge in [0, 0.05) is 25.7 Å². The number of allylic oxidation sites excluding steroid dienone is 3. The number of carbonyl (C=O) groups is 1. The van der Waals surface area contributed by atoms with Gasteiger partial charge in [0.15, 0.2) is 0 Å². The van der Waals surface area contributed by atoms with Crippen LogP contribution in [0.3, 0.4) is 0 Å². The maximum atomic E-state index is 10.8. The Balaban J connectivity index is 3.41. The average molecular weight is 269 g/mol. The smallest absolute Gasteiger partial charge is 0.243 e. The monoisotopic (exact) mass is 269 g/mol. The molecule has 110 valence electrons. The second-order valence-corrected chi connectivity index (χ2v) is 4.67. The minimum atomic E-state index is -0.298. The molecule has 5 nitrogen and oxygen atoms in total. The van der Waals surface area contributed by atoms with Gasteiger partial charge in [0.05, 0.1) is 0 Å². The zero-order valence-electron chi connectivity index (χ0n) is 12.1. The largest absolute Gasteiger partial charge is 0.324 e. The van der Waals surface area contributed by atoms with Gasteiger partial charge < -0.3 is 5.43 Å². The van der Waals surface area contributed by atoms with Crippen LogP contribution >= 0.6 is 0 Å². The van der Waals surface area contributed by atoms with Crippen molar-refractivity contribution in [2.24, 2.45) is 0 Å². The minimum absolute atomic E-state index is 0.298. The summed E-state index contributed by atoms with van der Waals surface area (Å²) in [4.78, 5) is 10.8. The molecule has 0 saturated carbocycles. The number of hydroxylamine groups is 1. The Morgan fingerprint density at radius 1 is 1.26 bits per heavy atom. The van der Waals surface area contributed by atoms with Gasteiger partial charge in [-0.25, -0.2) is 10.5 Å². The molecule has 0 aliphatic rings. The summed E-state index contributed by atoms with van der Waals surface area (Å²) in [5.41, 5.74) is 5.97. The van der Waals surface area contributed by atoms with E-state index in [1.54, 1.807) is 11.6 Å². The molecular formula is C14H27N3O2. The SMILES string of the molecule is C=C/C=C(\C)NN(C)CCCCCCCC(=O)NO. The fraction of sp³-hybridized carbons (Fsp3) is 0.643. The summed E-state index contributed by atoms with van der Waals surface area (Å²) in [6.45, 7) is 6.64. The van der Waals surface area contributed by atoms with Crippen molar-refractivity contribution < 1.29 is 10.0 Å². The van der Waals surface area contributed by atoms with Crippen molar-refractivity contribution >= 4 is 5.91 Å². The molecule has 0 aromatic heterocycles. The van der Waals surface area contributed by atoms with E-state index in [1.165, 1.54) is 0 Å². The molecule has 0 heterocycles. The summed E-state index contributed by atoms with van der Waals surface area (Å²) in [7, 11) is 2.02. The van der Waals surface area contributed by atoms with E-state index in [1.807, 2.05) is 20.0 Å². The molecule has 3 N–H and O–H groups in total. The van der Waals surface area contributed by atoms with E-state index in [-0.39, 0.29) is 5.91 Å². The summed E-state index contributed by atoms with van der Waals surface area (Å²) in [5.74, 6) is -0.298. The lowest BCUT2D eigenvalue weighted by Gasteiger charge is -2.19. The molecule has 0 aliphatic heterocycles. The summed E-state index contributed by atoms with van der Waals surface area (Å²) in [6, 6.07) is 0. The van der Waals surface area contributed by atoms with Crippen LogP contribution in [0.1, 0.15) is 45.4 Å². The number of hydrazine groups is 1. The molecule has 1 amide bonds. The topological polar surface area (TPSA) is 64.6 Å². The second-order valence-electron chi connectivity index (χ2n) is 4.67. The number of hydrogen-bond donors (Lipinski definition) is 3. The maximum Gasteiger partial charge on any atom is 0.243 e. The van der Waals surface area contributed by atoms with Gasteiger partial charge in [-0.3, -0.25) is 10.0 Å². The third kappa shape index (κ3) is 11.5.